The predicted octanol–water partition coefficient (Wildman–Crippen LogP) is 6.15. The van der Waals surface area contributed by atoms with Crippen molar-refractivity contribution in [3.63, 3.8) is 0 Å². The van der Waals surface area contributed by atoms with Crippen molar-refractivity contribution < 1.29 is 27.6 Å². The molecule has 18 heteroatoms. The fourth-order valence-electron chi connectivity index (χ4n) is 9.65. The number of alkyl halides is 2. The second-order valence-corrected chi connectivity index (χ2v) is 18.1. The lowest BCUT2D eigenvalue weighted by Gasteiger charge is -2.36. The van der Waals surface area contributed by atoms with E-state index in [1.165, 1.54) is 29.9 Å². The Bertz CT molecular complexity index is 2530. The van der Waals surface area contributed by atoms with E-state index in [0.717, 1.165) is 88.9 Å². The number of aryl methyl sites for hydroxylation is 1. The molecule has 1 unspecified atom stereocenters. The number of rotatable bonds is 15. The number of halogens is 2. The number of imidazole rings is 1. The van der Waals surface area contributed by atoms with E-state index in [9.17, 15) is 28.0 Å². The predicted molar refractivity (Wildman–Crippen MR) is 231 cm³/mol. The summed E-state index contributed by atoms with van der Waals surface area (Å²) in [5.74, 6) is 1.28. The van der Waals surface area contributed by atoms with Crippen molar-refractivity contribution in [2.75, 3.05) is 50.4 Å². The Hall–Kier alpha value is -5.75. The SMILES string of the molecule is CN(CC1CCN(Cc2ccc3c(c2)n(C)c(=O)n3C2CCC(=O)NC2=O)CC1)C[C@H]1CC[C@H](n2cc(NC(=O)c3coc(-c4ccnc(NCC5CC5)c4)n3)c(C(F)F)n2)CC1. The van der Waals surface area contributed by atoms with Gasteiger partial charge in [-0.05, 0) is 126 Å². The summed E-state index contributed by atoms with van der Waals surface area (Å²) < 4.78 is 38.7. The number of nitrogens with zero attached hydrogens (tertiary/aromatic N) is 8. The van der Waals surface area contributed by atoms with Crippen LogP contribution < -0.4 is 21.6 Å². The number of likely N-dealkylation sites (tertiary alicyclic amines) is 1. The Morgan fingerprint density at radius 1 is 0.952 bits per heavy atom. The van der Waals surface area contributed by atoms with Crippen LogP contribution in [0.5, 0.6) is 0 Å². The van der Waals surface area contributed by atoms with Gasteiger partial charge in [-0.3, -0.25) is 38.4 Å². The second kappa shape index (κ2) is 18.2. The average Bonchev–Trinajstić information content (AvgIpc) is 3.69. The number of aromatic nitrogens is 6. The number of piperidine rings is 2. The Labute approximate surface area is 363 Å². The van der Waals surface area contributed by atoms with Crippen molar-refractivity contribution in [2.45, 2.75) is 89.3 Å². The quantitative estimate of drug-likeness (QED) is 0.103. The summed E-state index contributed by atoms with van der Waals surface area (Å²) in [5, 5.41) is 12.5. The van der Waals surface area contributed by atoms with Gasteiger partial charge in [0.05, 0.1) is 22.8 Å². The van der Waals surface area contributed by atoms with Crippen molar-refractivity contribution in [2.24, 2.45) is 24.8 Å². The molecule has 0 spiro atoms. The van der Waals surface area contributed by atoms with Gasteiger partial charge in [0.25, 0.3) is 12.3 Å². The van der Waals surface area contributed by atoms with E-state index < -0.39 is 30.0 Å². The number of imide groups is 1. The molecule has 1 aromatic carbocycles. The van der Waals surface area contributed by atoms with Crippen molar-refractivity contribution in [1.82, 2.24) is 44.0 Å². The van der Waals surface area contributed by atoms with Crippen LogP contribution in [0.1, 0.15) is 104 Å². The van der Waals surface area contributed by atoms with Crippen molar-refractivity contribution in [1.29, 1.82) is 0 Å². The highest BCUT2D eigenvalue weighted by molar-refractivity contribution is 6.03. The third kappa shape index (κ3) is 9.61. The molecule has 334 valence electrons. The first-order chi connectivity index (χ1) is 30.4. The molecule has 6 heterocycles. The van der Waals surface area contributed by atoms with E-state index in [1.807, 2.05) is 18.2 Å². The number of nitrogens with one attached hydrogen (secondary N) is 3. The van der Waals surface area contributed by atoms with Crippen molar-refractivity contribution >= 4 is 40.3 Å². The largest absolute Gasteiger partial charge is 0.444 e. The summed E-state index contributed by atoms with van der Waals surface area (Å²) in [5.41, 5.74) is 2.44. The Morgan fingerprint density at radius 3 is 2.43 bits per heavy atom. The van der Waals surface area contributed by atoms with Gasteiger partial charge >= 0.3 is 5.69 Å². The molecule has 0 radical (unpaired) electrons. The van der Waals surface area contributed by atoms with E-state index in [4.69, 9.17) is 4.42 Å². The molecule has 2 aliphatic carbocycles. The summed E-state index contributed by atoms with van der Waals surface area (Å²) >= 11 is 0. The van der Waals surface area contributed by atoms with Gasteiger partial charge in [-0.25, -0.2) is 23.5 Å². The maximum Gasteiger partial charge on any atom is 0.329 e. The molecule has 4 fully saturated rings. The molecule has 63 heavy (non-hydrogen) atoms. The third-order valence-corrected chi connectivity index (χ3v) is 13.3. The van der Waals surface area contributed by atoms with Crippen LogP contribution in [0.4, 0.5) is 20.3 Å². The summed E-state index contributed by atoms with van der Waals surface area (Å²) in [6, 6.07) is 8.79. The van der Waals surface area contributed by atoms with Gasteiger partial charge in [0.2, 0.25) is 17.7 Å². The molecule has 1 atom stereocenters. The van der Waals surface area contributed by atoms with E-state index >= 15 is 0 Å². The van der Waals surface area contributed by atoms with Crippen LogP contribution in [0.15, 0.2) is 58.2 Å². The lowest BCUT2D eigenvalue weighted by Crippen LogP contribution is -2.44. The maximum absolute atomic E-state index is 14.2. The van der Waals surface area contributed by atoms with Crippen LogP contribution in [0.2, 0.25) is 0 Å². The average molecular weight is 868 g/mol. The number of oxazole rings is 1. The summed E-state index contributed by atoms with van der Waals surface area (Å²) in [4.78, 5) is 64.2. The van der Waals surface area contributed by atoms with Crippen molar-refractivity contribution in [3.8, 4) is 11.5 Å². The number of benzene rings is 1. The van der Waals surface area contributed by atoms with Gasteiger partial charge in [-0.15, -0.1) is 0 Å². The van der Waals surface area contributed by atoms with Gasteiger partial charge in [-0.1, -0.05) is 6.07 Å². The number of hydrogen-bond donors (Lipinski definition) is 3. The van der Waals surface area contributed by atoms with Crippen LogP contribution in [0.25, 0.3) is 22.5 Å². The maximum atomic E-state index is 14.2. The zero-order valence-electron chi connectivity index (χ0n) is 35.8. The standard InChI is InChI=1S/C45H55F2N11O5/c1-54(23-29-14-17-56(18-15-29)24-30-7-10-35-37(19-30)55(2)45(62)58(35)36-11-12-39(59)52-43(36)61)22-28-5-8-32(9-6-28)57-25-33(40(53-57)41(46)47)50-42(60)34-26-63-44(51-34)31-13-16-48-38(20-31)49-21-27-3-4-27/h7,10,13,16,19-20,25-29,32,36,41H,3-6,8-9,11-12,14-15,17-18,21-24H2,1-2H3,(H,48,49)(H,50,60)(H,52,59,61)/t28-,32-,36?. The number of amides is 3. The normalized spacial score (nSPS) is 21.4. The number of carbonyl (C=O) groups is 3. The zero-order chi connectivity index (χ0) is 43.8. The fourth-order valence-corrected chi connectivity index (χ4v) is 9.65. The van der Waals surface area contributed by atoms with Gasteiger partial charge in [0.1, 0.15) is 18.1 Å². The van der Waals surface area contributed by atoms with Crippen LogP contribution in [-0.2, 0) is 23.2 Å². The third-order valence-electron chi connectivity index (χ3n) is 13.3. The second-order valence-electron chi connectivity index (χ2n) is 18.1. The molecular formula is C45H55F2N11O5. The molecule has 16 nitrogen and oxygen atoms in total. The number of carbonyl (C=O) groups excluding carboxylic acids is 3. The number of pyridine rings is 1. The van der Waals surface area contributed by atoms with Crippen molar-refractivity contribution in [3.05, 3.63) is 76.4 Å². The smallest absolute Gasteiger partial charge is 0.329 e. The van der Waals surface area contributed by atoms with E-state index in [2.05, 4.69) is 47.9 Å². The molecule has 5 aromatic rings. The van der Waals surface area contributed by atoms with Crippen LogP contribution in [0.3, 0.4) is 0 Å². The van der Waals surface area contributed by atoms with Gasteiger partial charge in [-0.2, -0.15) is 5.10 Å². The van der Waals surface area contributed by atoms with Gasteiger partial charge in [0.15, 0.2) is 11.4 Å². The highest BCUT2D eigenvalue weighted by Gasteiger charge is 2.32. The first kappa shape index (κ1) is 42.5. The minimum Gasteiger partial charge on any atom is -0.444 e. The first-order valence-corrected chi connectivity index (χ1v) is 22.2. The lowest BCUT2D eigenvalue weighted by molar-refractivity contribution is -0.135. The summed E-state index contributed by atoms with van der Waals surface area (Å²) in [6.07, 6.45) is 10.2. The minimum absolute atomic E-state index is 0.0249. The molecule has 4 aliphatic rings. The topological polar surface area (TPSA) is 177 Å². The number of hydrogen-bond acceptors (Lipinski definition) is 11. The Balaban J connectivity index is 0.728. The molecule has 0 bridgehead atoms. The van der Waals surface area contributed by atoms with Crippen LogP contribution in [0, 0.1) is 17.8 Å². The lowest BCUT2D eigenvalue weighted by atomic mass is 9.85. The highest BCUT2D eigenvalue weighted by Crippen LogP contribution is 2.36. The zero-order valence-corrected chi connectivity index (χ0v) is 35.8. The molecule has 2 aliphatic heterocycles. The fraction of sp³-hybridized carbons (Fsp3) is 0.533. The molecule has 2 saturated heterocycles. The first-order valence-electron chi connectivity index (χ1n) is 22.2. The molecule has 2 saturated carbocycles. The summed E-state index contributed by atoms with van der Waals surface area (Å²) in [6.45, 7) is 5.58. The molecule has 4 aromatic heterocycles. The number of fused-ring (bicyclic) bond motifs is 1. The molecule has 3 N–H and O–H groups in total. The molecule has 3 amide bonds. The van der Waals surface area contributed by atoms with E-state index in [-0.39, 0.29) is 41.3 Å². The van der Waals surface area contributed by atoms with Gasteiger partial charge in [0, 0.05) is 57.6 Å². The number of anilines is 2. The highest BCUT2D eigenvalue weighted by atomic mass is 19.3. The van der Waals surface area contributed by atoms with Crippen LogP contribution in [-0.4, -0.2) is 96.2 Å². The summed E-state index contributed by atoms with van der Waals surface area (Å²) in [7, 11) is 3.91. The van der Waals surface area contributed by atoms with E-state index in [0.29, 0.717) is 41.1 Å². The monoisotopic (exact) mass is 867 g/mol. The minimum atomic E-state index is -2.86. The van der Waals surface area contributed by atoms with E-state index in [1.54, 1.807) is 34.6 Å². The van der Waals surface area contributed by atoms with Gasteiger partial charge < -0.3 is 20.0 Å². The Morgan fingerprint density at radius 2 is 1.70 bits per heavy atom. The van der Waals surface area contributed by atoms with Crippen LogP contribution >= 0.6 is 0 Å². The Kier molecular flexibility index (Phi) is 12.3. The molecular weight excluding hydrogens is 813 g/mol. The molecule has 9 rings (SSSR count).